The maximum absolute atomic E-state index is 12.6. The summed E-state index contributed by atoms with van der Waals surface area (Å²) in [6, 6.07) is 9.85. The lowest BCUT2D eigenvalue weighted by atomic mass is 10.2. The zero-order valence-corrected chi connectivity index (χ0v) is 17.1. The van der Waals surface area contributed by atoms with Crippen LogP contribution in [-0.4, -0.2) is 49.9 Å². The lowest BCUT2D eigenvalue weighted by molar-refractivity contribution is 0.0730. The molecule has 0 unspecified atom stereocenters. The van der Waals surface area contributed by atoms with Crippen molar-refractivity contribution < 1.29 is 17.9 Å². The molecule has 1 N–H and O–H groups in total. The molecule has 3 aromatic rings. The lowest BCUT2D eigenvalue weighted by Gasteiger charge is -2.26. The third-order valence-electron chi connectivity index (χ3n) is 4.22. The van der Waals surface area contributed by atoms with Gasteiger partial charge >= 0.3 is 0 Å². The number of carbonyl (C=O) groups excluding carboxylic acids is 1. The number of nitrogens with zero attached hydrogens (tertiary/aromatic N) is 2. The molecule has 0 saturated carbocycles. The molecule has 1 aliphatic heterocycles. The molecule has 4 rings (SSSR count). The Bertz CT molecular complexity index is 1050. The number of carbonyl (C=O) groups is 1. The molecule has 10 heteroatoms. The molecule has 2 aromatic heterocycles. The van der Waals surface area contributed by atoms with Gasteiger partial charge < -0.3 is 4.74 Å². The van der Waals surface area contributed by atoms with Crippen LogP contribution in [0.2, 0.25) is 0 Å². The minimum absolute atomic E-state index is 0.167. The van der Waals surface area contributed by atoms with Crippen molar-refractivity contribution >= 4 is 43.7 Å². The summed E-state index contributed by atoms with van der Waals surface area (Å²) >= 11 is 2.93. The highest BCUT2D eigenvalue weighted by Crippen LogP contribution is 2.28. The van der Waals surface area contributed by atoms with Crippen molar-refractivity contribution in [3.8, 4) is 10.6 Å². The number of nitrogens with one attached hydrogen (secondary N) is 1. The third-order valence-corrected chi connectivity index (χ3v) is 7.79. The van der Waals surface area contributed by atoms with Gasteiger partial charge in [0.05, 0.1) is 28.7 Å². The van der Waals surface area contributed by atoms with Crippen molar-refractivity contribution in [1.29, 1.82) is 0 Å². The number of ether oxygens (including phenoxy) is 1. The molecule has 7 nitrogen and oxygen atoms in total. The smallest absolute Gasteiger partial charge is 0.257 e. The van der Waals surface area contributed by atoms with E-state index in [-0.39, 0.29) is 10.8 Å². The molecule has 1 saturated heterocycles. The normalized spacial score (nSPS) is 15.4. The molecule has 146 valence electrons. The molecule has 1 fully saturated rings. The van der Waals surface area contributed by atoms with Gasteiger partial charge in [0, 0.05) is 24.0 Å². The van der Waals surface area contributed by atoms with Crippen LogP contribution < -0.4 is 5.32 Å². The van der Waals surface area contributed by atoms with Gasteiger partial charge in [0.25, 0.3) is 5.91 Å². The number of anilines is 1. The quantitative estimate of drug-likeness (QED) is 0.665. The fraction of sp³-hybridized carbons (Fsp3) is 0.222. The summed E-state index contributed by atoms with van der Waals surface area (Å²) < 4.78 is 31.9. The Hall–Kier alpha value is -2.11. The van der Waals surface area contributed by atoms with Crippen molar-refractivity contribution in [1.82, 2.24) is 9.29 Å². The van der Waals surface area contributed by atoms with E-state index < -0.39 is 10.0 Å². The number of amides is 1. The molecular formula is C18H17N3O4S3. The first-order chi connectivity index (χ1) is 13.5. The molecule has 0 bridgehead atoms. The Morgan fingerprint density at radius 1 is 1.11 bits per heavy atom. The number of morpholine rings is 1. The third kappa shape index (κ3) is 4.01. The maximum atomic E-state index is 12.6. The molecule has 1 aromatic carbocycles. The fourth-order valence-electron chi connectivity index (χ4n) is 2.75. The van der Waals surface area contributed by atoms with Crippen LogP contribution in [0.1, 0.15) is 10.4 Å². The van der Waals surface area contributed by atoms with E-state index in [1.807, 2.05) is 22.9 Å². The first-order valence-corrected chi connectivity index (χ1v) is 11.7. The number of sulfonamides is 1. The zero-order valence-electron chi connectivity index (χ0n) is 14.7. The summed E-state index contributed by atoms with van der Waals surface area (Å²) in [5.74, 6) is -0.331. The largest absolute Gasteiger partial charge is 0.379 e. The second-order valence-electron chi connectivity index (χ2n) is 6.01. The van der Waals surface area contributed by atoms with Crippen molar-refractivity contribution in [3.63, 3.8) is 0 Å². The van der Waals surface area contributed by atoms with Crippen LogP contribution in [0.4, 0.5) is 5.13 Å². The monoisotopic (exact) mass is 435 g/mol. The summed E-state index contributed by atoms with van der Waals surface area (Å²) in [4.78, 5) is 18.1. The van der Waals surface area contributed by atoms with E-state index in [1.54, 1.807) is 11.3 Å². The average Bonchev–Trinajstić information content (AvgIpc) is 3.40. The van der Waals surface area contributed by atoms with E-state index >= 15 is 0 Å². The first kappa shape index (κ1) is 19.2. The Labute approximate surface area is 170 Å². The maximum Gasteiger partial charge on any atom is 0.257 e. The van der Waals surface area contributed by atoms with E-state index in [1.165, 1.54) is 39.9 Å². The van der Waals surface area contributed by atoms with Crippen molar-refractivity contribution in [2.75, 3.05) is 31.6 Å². The molecule has 3 heterocycles. The number of aromatic nitrogens is 1. The number of rotatable bonds is 5. The van der Waals surface area contributed by atoms with Gasteiger partial charge in [-0.25, -0.2) is 13.4 Å². The van der Waals surface area contributed by atoms with Crippen LogP contribution in [0.15, 0.2) is 52.1 Å². The lowest BCUT2D eigenvalue weighted by Crippen LogP contribution is -2.40. The van der Waals surface area contributed by atoms with Crippen LogP contribution in [-0.2, 0) is 14.8 Å². The van der Waals surface area contributed by atoms with Crippen molar-refractivity contribution in [2.45, 2.75) is 4.90 Å². The molecule has 0 aliphatic carbocycles. The average molecular weight is 436 g/mol. The second-order valence-corrected chi connectivity index (χ2v) is 9.75. The summed E-state index contributed by atoms with van der Waals surface area (Å²) in [6.45, 7) is 1.45. The van der Waals surface area contributed by atoms with Gasteiger partial charge in [0.2, 0.25) is 10.0 Å². The number of benzene rings is 1. The second kappa shape index (κ2) is 8.10. The van der Waals surface area contributed by atoms with Gasteiger partial charge in [-0.1, -0.05) is 6.07 Å². The summed E-state index contributed by atoms with van der Waals surface area (Å²) in [6.07, 6.45) is 0. The molecule has 1 aliphatic rings. The zero-order chi connectivity index (χ0) is 19.6. The van der Waals surface area contributed by atoms with Gasteiger partial charge in [-0.05, 0) is 35.7 Å². The molecule has 0 atom stereocenters. The van der Waals surface area contributed by atoms with E-state index in [9.17, 15) is 13.2 Å². The van der Waals surface area contributed by atoms with Crippen LogP contribution in [0.3, 0.4) is 0 Å². The van der Waals surface area contributed by atoms with E-state index in [0.29, 0.717) is 37.0 Å². The summed E-state index contributed by atoms with van der Waals surface area (Å²) in [7, 11) is -3.57. The van der Waals surface area contributed by atoms with Crippen LogP contribution >= 0.6 is 22.7 Å². The first-order valence-electron chi connectivity index (χ1n) is 8.53. The van der Waals surface area contributed by atoms with Crippen LogP contribution in [0.5, 0.6) is 0 Å². The van der Waals surface area contributed by atoms with E-state index in [2.05, 4.69) is 10.3 Å². The predicted molar refractivity (Wildman–Crippen MR) is 109 cm³/mol. The van der Waals surface area contributed by atoms with Crippen molar-refractivity contribution in [3.05, 3.63) is 52.7 Å². The molecule has 28 heavy (non-hydrogen) atoms. The fourth-order valence-corrected chi connectivity index (χ4v) is 5.63. The van der Waals surface area contributed by atoms with Gasteiger partial charge in [0.15, 0.2) is 5.13 Å². The molecule has 0 radical (unpaired) electrons. The highest BCUT2D eigenvalue weighted by molar-refractivity contribution is 7.89. The van der Waals surface area contributed by atoms with E-state index in [4.69, 9.17) is 4.74 Å². The van der Waals surface area contributed by atoms with Gasteiger partial charge in [0.1, 0.15) is 0 Å². The van der Waals surface area contributed by atoms with Crippen LogP contribution in [0.25, 0.3) is 10.6 Å². The number of thiazole rings is 1. The number of hydrogen-bond donors (Lipinski definition) is 1. The summed E-state index contributed by atoms with van der Waals surface area (Å²) in [5, 5.41) is 7.12. The predicted octanol–water partition coefficient (Wildman–Crippen LogP) is 3.14. The van der Waals surface area contributed by atoms with Crippen LogP contribution in [0, 0.1) is 0 Å². The minimum Gasteiger partial charge on any atom is -0.379 e. The Morgan fingerprint density at radius 3 is 2.54 bits per heavy atom. The Kier molecular flexibility index (Phi) is 5.56. The standard InChI is InChI=1S/C18H17N3O4S3/c22-17(20-18-19-15(12-27-18)16-2-1-11-26-16)13-3-5-14(6-4-13)28(23,24)21-7-9-25-10-8-21/h1-6,11-12H,7-10H2,(H,19,20,22). The highest BCUT2D eigenvalue weighted by atomic mass is 32.2. The van der Waals surface area contributed by atoms with Gasteiger partial charge in [-0.2, -0.15) is 4.31 Å². The van der Waals surface area contributed by atoms with Crippen molar-refractivity contribution in [2.24, 2.45) is 0 Å². The Morgan fingerprint density at radius 2 is 1.86 bits per heavy atom. The molecule has 0 spiro atoms. The Balaban J connectivity index is 1.45. The SMILES string of the molecule is O=C(Nc1nc(-c2cccs2)cs1)c1ccc(S(=O)(=O)N2CCOCC2)cc1. The number of thiophene rings is 1. The molecular weight excluding hydrogens is 418 g/mol. The number of hydrogen-bond acceptors (Lipinski definition) is 7. The molecule has 1 amide bonds. The van der Waals surface area contributed by atoms with Gasteiger partial charge in [-0.15, -0.1) is 22.7 Å². The van der Waals surface area contributed by atoms with Gasteiger partial charge in [-0.3, -0.25) is 10.1 Å². The topological polar surface area (TPSA) is 88.6 Å². The summed E-state index contributed by atoms with van der Waals surface area (Å²) in [5.41, 5.74) is 1.19. The minimum atomic E-state index is -3.57. The van der Waals surface area contributed by atoms with E-state index in [0.717, 1.165) is 10.6 Å². The highest BCUT2D eigenvalue weighted by Gasteiger charge is 2.26.